The molecule has 1 N–H and O–H groups in total. The number of nitrogens with one attached hydrogen (secondary N) is 1. The van der Waals surface area contributed by atoms with Gasteiger partial charge in [0, 0.05) is 23.8 Å². The molecule has 0 atom stereocenters. The molecular weight excluding hydrogens is 252 g/mol. The van der Waals surface area contributed by atoms with E-state index in [4.69, 9.17) is 0 Å². The van der Waals surface area contributed by atoms with Crippen LogP contribution in [0, 0.1) is 0 Å². The van der Waals surface area contributed by atoms with Gasteiger partial charge in [0.25, 0.3) is 5.91 Å². The van der Waals surface area contributed by atoms with E-state index in [0.717, 1.165) is 11.3 Å². The van der Waals surface area contributed by atoms with Crippen molar-refractivity contribution in [2.24, 2.45) is 0 Å². The molecular formula is C16H22N2O2. The second-order valence-corrected chi connectivity index (χ2v) is 6.93. The van der Waals surface area contributed by atoms with Gasteiger partial charge in [-0.1, -0.05) is 0 Å². The lowest BCUT2D eigenvalue weighted by Crippen LogP contribution is -2.40. The SMILES string of the molecule is CN1C(=O)C(C)(C)c2cc(C(=O)NC(C)(C)C)ccc21. The van der Waals surface area contributed by atoms with Crippen molar-refractivity contribution in [3.63, 3.8) is 0 Å². The number of hydrogen-bond donors (Lipinski definition) is 1. The van der Waals surface area contributed by atoms with Gasteiger partial charge in [0.2, 0.25) is 5.91 Å². The van der Waals surface area contributed by atoms with Crippen molar-refractivity contribution in [2.45, 2.75) is 45.6 Å². The van der Waals surface area contributed by atoms with Crippen LogP contribution in [0.1, 0.15) is 50.5 Å². The smallest absolute Gasteiger partial charge is 0.251 e. The predicted octanol–water partition coefficient (Wildman–Crippen LogP) is 2.47. The normalized spacial score (nSPS) is 17.1. The van der Waals surface area contributed by atoms with E-state index in [9.17, 15) is 9.59 Å². The molecule has 0 saturated heterocycles. The van der Waals surface area contributed by atoms with Crippen LogP contribution >= 0.6 is 0 Å². The van der Waals surface area contributed by atoms with Crippen LogP contribution in [0.25, 0.3) is 0 Å². The van der Waals surface area contributed by atoms with E-state index in [1.54, 1.807) is 18.0 Å². The first kappa shape index (κ1) is 14.6. The van der Waals surface area contributed by atoms with Gasteiger partial charge in [-0.25, -0.2) is 0 Å². The van der Waals surface area contributed by atoms with Crippen LogP contribution in [0.5, 0.6) is 0 Å². The number of likely N-dealkylation sites (N-methyl/N-ethyl adjacent to an activating group) is 1. The van der Waals surface area contributed by atoms with Crippen molar-refractivity contribution < 1.29 is 9.59 Å². The Labute approximate surface area is 120 Å². The van der Waals surface area contributed by atoms with E-state index in [0.29, 0.717) is 5.56 Å². The highest BCUT2D eigenvalue weighted by Gasteiger charge is 2.42. The molecule has 1 heterocycles. The molecule has 20 heavy (non-hydrogen) atoms. The monoisotopic (exact) mass is 274 g/mol. The number of nitrogens with zero attached hydrogens (tertiary/aromatic N) is 1. The zero-order valence-electron chi connectivity index (χ0n) is 13.0. The number of anilines is 1. The molecule has 2 rings (SSSR count). The van der Waals surface area contributed by atoms with Gasteiger partial charge in [-0.3, -0.25) is 9.59 Å². The van der Waals surface area contributed by atoms with Gasteiger partial charge < -0.3 is 10.2 Å². The van der Waals surface area contributed by atoms with E-state index in [2.05, 4.69) is 5.32 Å². The summed E-state index contributed by atoms with van der Waals surface area (Å²) in [7, 11) is 1.77. The molecule has 108 valence electrons. The molecule has 0 aromatic heterocycles. The Morgan fingerprint density at radius 2 is 1.85 bits per heavy atom. The van der Waals surface area contributed by atoms with Gasteiger partial charge in [0.1, 0.15) is 0 Å². The minimum absolute atomic E-state index is 0.0564. The number of hydrogen-bond acceptors (Lipinski definition) is 2. The third kappa shape index (κ3) is 2.30. The summed E-state index contributed by atoms with van der Waals surface area (Å²) in [4.78, 5) is 26.1. The number of rotatable bonds is 1. The minimum Gasteiger partial charge on any atom is -0.347 e. The predicted molar refractivity (Wildman–Crippen MR) is 80.1 cm³/mol. The Balaban J connectivity index is 2.42. The van der Waals surface area contributed by atoms with Gasteiger partial charge in [-0.2, -0.15) is 0 Å². The maximum atomic E-state index is 12.2. The molecule has 2 amide bonds. The van der Waals surface area contributed by atoms with Crippen molar-refractivity contribution in [1.29, 1.82) is 0 Å². The first-order valence-electron chi connectivity index (χ1n) is 6.79. The fraction of sp³-hybridized carbons (Fsp3) is 0.500. The lowest BCUT2D eigenvalue weighted by atomic mass is 9.85. The maximum Gasteiger partial charge on any atom is 0.251 e. The fourth-order valence-corrected chi connectivity index (χ4v) is 2.53. The average molecular weight is 274 g/mol. The summed E-state index contributed by atoms with van der Waals surface area (Å²) >= 11 is 0. The Morgan fingerprint density at radius 1 is 1.25 bits per heavy atom. The summed E-state index contributed by atoms with van der Waals surface area (Å²) in [6.07, 6.45) is 0. The summed E-state index contributed by atoms with van der Waals surface area (Å²) in [6.45, 7) is 9.62. The van der Waals surface area contributed by atoms with Gasteiger partial charge in [-0.05, 0) is 58.4 Å². The highest BCUT2D eigenvalue weighted by atomic mass is 16.2. The highest BCUT2D eigenvalue weighted by molar-refractivity contribution is 6.08. The van der Waals surface area contributed by atoms with Crippen LogP contribution in [0.4, 0.5) is 5.69 Å². The Bertz CT molecular complexity index is 583. The molecule has 4 nitrogen and oxygen atoms in total. The Kier molecular flexibility index (Phi) is 3.16. The van der Waals surface area contributed by atoms with Crippen LogP contribution < -0.4 is 10.2 Å². The molecule has 0 radical (unpaired) electrons. The summed E-state index contributed by atoms with van der Waals surface area (Å²) in [5.74, 6) is -0.0565. The molecule has 1 aliphatic heterocycles. The Hall–Kier alpha value is -1.84. The molecule has 0 fully saturated rings. The third-order valence-corrected chi connectivity index (χ3v) is 3.62. The topological polar surface area (TPSA) is 49.4 Å². The van der Waals surface area contributed by atoms with Crippen LogP contribution in [-0.2, 0) is 10.2 Å². The minimum atomic E-state index is -0.581. The van der Waals surface area contributed by atoms with Crippen LogP contribution in [0.15, 0.2) is 18.2 Å². The van der Waals surface area contributed by atoms with Crippen molar-refractivity contribution >= 4 is 17.5 Å². The number of fused-ring (bicyclic) bond motifs is 1. The molecule has 1 aromatic carbocycles. The van der Waals surface area contributed by atoms with E-state index >= 15 is 0 Å². The highest BCUT2D eigenvalue weighted by Crippen LogP contribution is 2.41. The number of carbonyl (C=O) groups excluding carboxylic acids is 2. The first-order valence-corrected chi connectivity index (χ1v) is 6.79. The summed E-state index contributed by atoms with van der Waals surface area (Å²) in [5, 5.41) is 2.94. The first-order chi connectivity index (χ1) is 9.04. The van der Waals surface area contributed by atoms with Crippen LogP contribution in [-0.4, -0.2) is 24.4 Å². The number of benzene rings is 1. The molecule has 0 bridgehead atoms. The molecule has 1 aliphatic rings. The standard InChI is InChI=1S/C16H22N2O2/c1-15(2,3)17-13(19)10-7-8-12-11(9-10)16(4,5)14(20)18(12)6/h7-9H,1-6H3,(H,17,19). The van der Waals surface area contributed by atoms with E-state index in [1.807, 2.05) is 46.8 Å². The zero-order chi connectivity index (χ0) is 15.3. The summed E-state index contributed by atoms with van der Waals surface area (Å²) < 4.78 is 0. The van der Waals surface area contributed by atoms with E-state index in [-0.39, 0.29) is 17.4 Å². The lowest BCUT2D eigenvalue weighted by Gasteiger charge is -2.21. The van der Waals surface area contributed by atoms with Gasteiger partial charge >= 0.3 is 0 Å². The lowest BCUT2D eigenvalue weighted by molar-refractivity contribution is -0.121. The maximum absolute atomic E-state index is 12.2. The quantitative estimate of drug-likeness (QED) is 0.855. The van der Waals surface area contributed by atoms with Crippen molar-refractivity contribution in [2.75, 3.05) is 11.9 Å². The van der Waals surface area contributed by atoms with Crippen LogP contribution in [0.2, 0.25) is 0 Å². The van der Waals surface area contributed by atoms with Crippen molar-refractivity contribution in [3.8, 4) is 0 Å². The zero-order valence-corrected chi connectivity index (χ0v) is 13.0. The van der Waals surface area contributed by atoms with Gasteiger partial charge in [0.15, 0.2) is 0 Å². The second kappa shape index (κ2) is 4.33. The summed E-state index contributed by atoms with van der Waals surface area (Å²) in [6, 6.07) is 5.45. The number of amides is 2. The third-order valence-electron chi connectivity index (χ3n) is 3.62. The second-order valence-electron chi connectivity index (χ2n) is 6.93. The molecule has 0 aliphatic carbocycles. The largest absolute Gasteiger partial charge is 0.347 e. The van der Waals surface area contributed by atoms with E-state index < -0.39 is 5.41 Å². The van der Waals surface area contributed by atoms with Crippen molar-refractivity contribution in [3.05, 3.63) is 29.3 Å². The van der Waals surface area contributed by atoms with Gasteiger partial charge in [0.05, 0.1) is 5.41 Å². The fourth-order valence-electron chi connectivity index (χ4n) is 2.53. The Morgan fingerprint density at radius 3 is 2.40 bits per heavy atom. The molecule has 4 heteroatoms. The molecule has 0 unspecified atom stereocenters. The van der Waals surface area contributed by atoms with Crippen LogP contribution in [0.3, 0.4) is 0 Å². The molecule has 1 aromatic rings. The summed E-state index contributed by atoms with van der Waals surface area (Å²) in [5.41, 5.74) is 1.52. The van der Waals surface area contributed by atoms with Crippen molar-refractivity contribution in [1.82, 2.24) is 5.32 Å². The molecule has 0 spiro atoms. The average Bonchev–Trinajstić information content (AvgIpc) is 2.49. The number of carbonyl (C=O) groups is 2. The van der Waals surface area contributed by atoms with E-state index in [1.165, 1.54) is 0 Å². The molecule has 0 saturated carbocycles. The van der Waals surface area contributed by atoms with Gasteiger partial charge in [-0.15, -0.1) is 0 Å².